The van der Waals surface area contributed by atoms with E-state index in [-0.39, 0.29) is 46.5 Å². The van der Waals surface area contributed by atoms with E-state index in [1.165, 1.54) is 19.2 Å². The molecule has 1 aliphatic rings. The SMILES string of the molecule is COc1cc([C@@H]2CC(=O)c3c(cc(O)c(CC=C(C)C)c3O)O2)ccc1O. The molecule has 6 nitrogen and oxygen atoms in total. The third-order valence-corrected chi connectivity index (χ3v) is 4.55. The Morgan fingerprint density at radius 1 is 1.22 bits per heavy atom. The molecule has 1 heterocycles. The topological polar surface area (TPSA) is 96.2 Å². The lowest BCUT2D eigenvalue weighted by Gasteiger charge is -2.27. The van der Waals surface area contributed by atoms with Gasteiger partial charge in [0.15, 0.2) is 17.3 Å². The molecule has 0 aromatic heterocycles. The summed E-state index contributed by atoms with van der Waals surface area (Å²) in [5, 5.41) is 30.6. The molecule has 0 saturated carbocycles. The largest absolute Gasteiger partial charge is 0.507 e. The molecule has 0 amide bonds. The van der Waals surface area contributed by atoms with E-state index in [0.29, 0.717) is 17.5 Å². The van der Waals surface area contributed by atoms with Crippen molar-refractivity contribution in [3.8, 4) is 28.7 Å². The number of phenolic OH excluding ortho intramolecular Hbond substituents is 3. The first-order valence-electron chi connectivity index (χ1n) is 8.59. The summed E-state index contributed by atoms with van der Waals surface area (Å²) in [6, 6.07) is 6.07. The predicted octanol–water partition coefficient (Wildman–Crippen LogP) is 4.03. The van der Waals surface area contributed by atoms with Gasteiger partial charge in [-0.15, -0.1) is 0 Å². The van der Waals surface area contributed by atoms with Crippen molar-refractivity contribution in [2.45, 2.75) is 32.8 Å². The van der Waals surface area contributed by atoms with Crippen molar-refractivity contribution >= 4 is 5.78 Å². The molecule has 3 N–H and O–H groups in total. The highest BCUT2D eigenvalue weighted by Crippen LogP contribution is 2.45. The highest BCUT2D eigenvalue weighted by Gasteiger charge is 2.32. The van der Waals surface area contributed by atoms with Gasteiger partial charge in [0.2, 0.25) is 0 Å². The average Bonchev–Trinajstić information content (AvgIpc) is 2.60. The van der Waals surface area contributed by atoms with Crippen molar-refractivity contribution in [3.63, 3.8) is 0 Å². The normalized spacial score (nSPS) is 15.7. The van der Waals surface area contributed by atoms with Gasteiger partial charge in [-0.05, 0) is 38.0 Å². The molecule has 0 spiro atoms. The standard InChI is InChI=1S/C21H22O6/c1-11(2)4-6-13-15(23)9-19-20(21(13)25)16(24)10-17(27-19)12-5-7-14(22)18(8-12)26-3/h4-5,7-9,17,22-23,25H,6,10H2,1-3H3/t17-/m0/s1. The fourth-order valence-electron chi connectivity index (χ4n) is 3.09. The Bertz CT molecular complexity index is 925. The minimum atomic E-state index is -0.609. The van der Waals surface area contributed by atoms with E-state index in [4.69, 9.17) is 9.47 Å². The molecule has 142 valence electrons. The Hall–Kier alpha value is -3.15. The summed E-state index contributed by atoms with van der Waals surface area (Å²) in [4.78, 5) is 12.7. The van der Waals surface area contributed by atoms with Crippen LogP contribution in [0.4, 0.5) is 0 Å². The van der Waals surface area contributed by atoms with Crippen LogP contribution < -0.4 is 9.47 Å². The van der Waals surface area contributed by atoms with Gasteiger partial charge in [-0.3, -0.25) is 4.79 Å². The number of methoxy groups -OCH3 is 1. The molecule has 27 heavy (non-hydrogen) atoms. The maximum atomic E-state index is 12.7. The molecule has 3 rings (SSSR count). The number of benzene rings is 2. The number of phenols is 3. The molecular weight excluding hydrogens is 348 g/mol. The second kappa shape index (κ2) is 7.23. The van der Waals surface area contributed by atoms with Crippen LogP contribution in [0.15, 0.2) is 35.9 Å². The van der Waals surface area contributed by atoms with Gasteiger partial charge in [-0.2, -0.15) is 0 Å². The molecular formula is C21H22O6. The van der Waals surface area contributed by atoms with E-state index in [0.717, 1.165) is 5.57 Å². The summed E-state index contributed by atoms with van der Waals surface area (Å²) >= 11 is 0. The molecule has 2 aromatic rings. The monoisotopic (exact) mass is 370 g/mol. The molecule has 1 atom stereocenters. The summed E-state index contributed by atoms with van der Waals surface area (Å²) in [6.07, 6.45) is 1.60. The third-order valence-electron chi connectivity index (χ3n) is 4.55. The van der Waals surface area contributed by atoms with Crippen molar-refractivity contribution < 1.29 is 29.6 Å². The van der Waals surface area contributed by atoms with E-state index in [2.05, 4.69) is 0 Å². The van der Waals surface area contributed by atoms with Crippen molar-refractivity contribution in [2.24, 2.45) is 0 Å². The molecule has 0 fully saturated rings. The maximum Gasteiger partial charge on any atom is 0.174 e. The average molecular weight is 370 g/mol. The molecule has 1 aliphatic heterocycles. The maximum absolute atomic E-state index is 12.7. The second-order valence-corrected chi connectivity index (χ2v) is 6.75. The Labute approximate surface area is 157 Å². The zero-order chi connectivity index (χ0) is 19.7. The van der Waals surface area contributed by atoms with Gasteiger partial charge in [0.05, 0.1) is 13.5 Å². The van der Waals surface area contributed by atoms with Crippen molar-refractivity contribution in [3.05, 3.63) is 52.6 Å². The first kappa shape index (κ1) is 18.6. The number of carbonyl (C=O) groups excluding carboxylic acids is 1. The second-order valence-electron chi connectivity index (χ2n) is 6.75. The van der Waals surface area contributed by atoms with Crippen LogP contribution in [0.1, 0.15) is 47.9 Å². The fraction of sp³-hybridized carbons (Fsp3) is 0.286. The van der Waals surface area contributed by atoms with Gasteiger partial charge in [-0.25, -0.2) is 0 Å². The number of Topliss-reactive ketones (excluding diaryl/α,β-unsaturated/α-hetero) is 1. The van der Waals surface area contributed by atoms with Crippen molar-refractivity contribution in [2.75, 3.05) is 7.11 Å². The van der Waals surface area contributed by atoms with E-state index < -0.39 is 6.10 Å². The van der Waals surface area contributed by atoms with Crippen LogP contribution in [0.2, 0.25) is 0 Å². The Kier molecular flexibility index (Phi) is 4.99. The van der Waals surface area contributed by atoms with Gasteiger partial charge < -0.3 is 24.8 Å². The lowest BCUT2D eigenvalue weighted by atomic mass is 9.92. The van der Waals surface area contributed by atoms with Crippen LogP contribution in [0, 0.1) is 0 Å². The minimum absolute atomic E-state index is 0.0111. The smallest absolute Gasteiger partial charge is 0.174 e. The molecule has 0 aliphatic carbocycles. The van der Waals surface area contributed by atoms with Crippen molar-refractivity contribution in [1.82, 2.24) is 0 Å². The van der Waals surface area contributed by atoms with Gasteiger partial charge in [0.1, 0.15) is 28.9 Å². The Morgan fingerprint density at radius 2 is 1.96 bits per heavy atom. The first-order chi connectivity index (χ1) is 12.8. The van der Waals surface area contributed by atoms with E-state index >= 15 is 0 Å². The van der Waals surface area contributed by atoms with Gasteiger partial charge in [-0.1, -0.05) is 17.7 Å². The third kappa shape index (κ3) is 3.56. The van der Waals surface area contributed by atoms with Crippen LogP contribution >= 0.6 is 0 Å². The number of hydrogen-bond acceptors (Lipinski definition) is 6. The minimum Gasteiger partial charge on any atom is -0.507 e. The van der Waals surface area contributed by atoms with Crippen LogP contribution in [0.5, 0.6) is 28.7 Å². The summed E-state index contributed by atoms with van der Waals surface area (Å²) < 4.78 is 11.0. The van der Waals surface area contributed by atoms with Crippen LogP contribution in [-0.2, 0) is 6.42 Å². The van der Waals surface area contributed by atoms with Gasteiger partial charge in [0, 0.05) is 11.6 Å². The van der Waals surface area contributed by atoms with Gasteiger partial charge >= 0.3 is 0 Å². The number of hydrogen-bond donors (Lipinski definition) is 3. The lowest BCUT2D eigenvalue weighted by molar-refractivity contribution is 0.0844. The molecule has 2 aromatic carbocycles. The number of rotatable bonds is 4. The summed E-state index contributed by atoms with van der Waals surface area (Å²) in [7, 11) is 1.44. The molecule has 0 saturated heterocycles. The number of ketones is 1. The van der Waals surface area contributed by atoms with Crippen LogP contribution in [-0.4, -0.2) is 28.2 Å². The molecule has 0 bridgehead atoms. The van der Waals surface area contributed by atoms with Crippen molar-refractivity contribution in [1.29, 1.82) is 0 Å². The lowest BCUT2D eigenvalue weighted by Crippen LogP contribution is -2.21. The summed E-state index contributed by atoms with van der Waals surface area (Å²) in [5.74, 6) is -0.238. The van der Waals surface area contributed by atoms with E-state index in [1.807, 2.05) is 19.9 Å². The van der Waals surface area contributed by atoms with E-state index in [9.17, 15) is 20.1 Å². The van der Waals surface area contributed by atoms with Crippen LogP contribution in [0.25, 0.3) is 0 Å². The highest BCUT2D eigenvalue weighted by molar-refractivity contribution is 6.03. The number of allylic oxidation sites excluding steroid dienone is 2. The molecule has 0 unspecified atom stereocenters. The van der Waals surface area contributed by atoms with E-state index in [1.54, 1.807) is 12.1 Å². The summed E-state index contributed by atoms with van der Waals surface area (Å²) in [5.41, 5.74) is 2.08. The first-order valence-corrected chi connectivity index (χ1v) is 8.59. The fourth-order valence-corrected chi connectivity index (χ4v) is 3.09. The zero-order valence-corrected chi connectivity index (χ0v) is 15.4. The summed E-state index contributed by atoms with van der Waals surface area (Å²) in [6.45, 7) is 3.83. The van der Waals surface area contributed by atoms with Gasteiger partial charge in [0.25, 0.3) is 0 Å². The number of ether oxygens (including phenoxy) is 2. The number of fused-ring (bicyclic) bond motifs is 1. The Morgan fingerprint density at radius 3 is 2.63 bits per heavy atom. The zero-order valence-electron chi connectivity index (χ0n) is 15.4. The van der Waals surface area contributed by atoms with Crippen LogP contribution in [0.3, 0.4) is 0 Å². The molecule has 6 heteroatoms. The highest BCUT2D eigenvalue weighted by atomic mass is 16.5. The number of carbonyl (C=O) groups is 1. The predicted molar refractivity (Wildman–Crippen MR) is 99.9 cm³/mol. The number of aromatic hydroxyl groups is 3. The molecule has 0 radical (unpaired) electrons. The Balaban J connectivity index is 1.99. The quantitative estimate of drug-likeness (QED) is 0.703.